The molecular weight excluding hydrogens is 275 g/mol. The number of rotatable bonds is 5. The van der Waals surface area contributed by atoms with Crippen LogP contribution >= 0.6 is 0 Å². The normalized spacial score (nSPS) is 13.1. The summed E-state index contributed by atoms with van der Waals surface area (Å²) in [6, 6.07) is 3.02. The molecule has 0 saturated heterocycles. The number of methoxy groups -OCH3 is 1. The van der Waals surface area contributed by atoms with Gasteiger partial charge in [-0.2, -0.15) is 13.2 Å². The van der Waals surface area contributed by atoms with Gasteiger partial charge < -0.3 is 14.7 Å². The second-order valence-electron chi connectivity index (χ2n) is 4.45. The summed E-state index contributed by atoms with van der Waals surface area (Å²) >= 11 is 0. The first kappa shape index (κ1) is 16.3. The van der Waals surface area contributed by atoms with Crippen LogP contribution in [0.15, 0.2) is 18.2 Å². The van der Waals surface area contributed by atoms with Crippen molar-refractivity contribution in [1.82, 2.24) is 0 Å². The molecule has 0 aliphatic heterocycles. The maximum atomic E-state index is 12.9. The first-order valence-electron chi connectivity index (χ1n) is 5.84. The lowest BCUT2D eigenvalue weighted by Gasteiger charge is -2.27. The van der Waals surface area contributed by atoms with E-state index in [9.17, 15) is 18.0 Å². The van der Waals surface area contributed by atoms with Crippen molar-refractivity contribution in [3.05, 3.63) is 29.3 Å². The fraction of sp³-hybridized carbons (Fsp3) is 0.462. The van der Waals surface area contributed by atoms with Crippen molar-refractivity contribution in [1.29, 1.82) is 0 Å². The summed E-state index contributed by atoms with van der Waals surface area (Å²) < 4.78 is 43.6. The van der Waals surface area contributed by atoms with Gasteiger partial charge in [0.15, 0.2) is 0 Å². The summed E-state index contributed by atoms with van der Waals surface area (Å²) in [4.78, 5) is 12.5. The van der Waals surface area contributed by atoms with Crippen molar-refractivity contribution < 1.29 is 27.8 Å². The van der Waals surface area contributed by atoms with Crippen LogP contribution in [0.5, 0.6) is 0 Å². The first-order chi connectivity index (χ1) is 9.18. The second-order valence-corrected chi connectivity index (χ2v) is 4.45. The molecule has 0 aliphatic carbocycles. The fourth-order valence-corrected chi connectivity index (χ4v) is 1.78. The van der Waals surface area contributed by atoms with E-state index in [4.69, 9.17) is 9.84 Å². The lowest BCUT2D eigenvalue weighted by atomic mass is 10.1. The van der Waals surface area contributed by atoms with E-state index in [0.29, 0.717) is 6.61 Å². The largest absolute Gasteiger partial charge is 0.478 e. The summed E-state index contributed by atoms with van der Waals surface area (Å²) in [5.74, 6) is -1.60. The molecule has 7 heteroatoms. The van der Waals surface area contributed by atoms with Crippen LogP contribution in [0.4, 0.5) is 18.9 Å². The molecule has 1 N–H and O–H groups in total. The van der Waals surface area contributed by atoms with Crippen molar-refractivity contribution in [2.24, 2.45) is 0 Å². The van der Waals surface area contributed by atoms with E-state index in [1.165, 1.54) is 13.2 Å². The average Bonchev–Trinajstić information content (AvgIpc) is 2.36. The zero-order chi connectivity index (χ0) is 15.5. The standard InChI is InChI=1S/C13H16F3NO3/c1-8(7-20-3)17(2)9-4-5-10(12(18)19)11(6-9)13(14,15)16/h4-6,8H,7H2,1-3H3,(H,18,19). The summed E-state index contributed by atoms with van der Waals surface area (Å²) in [6.07, 6.45) is -4.71. The van der Waals surface area contributed by atoms with Gasteiger partial charge in [-0.3, -0.25) is 0 Å². The number of likely N-dealkylation sites (N-methyl/N-ethyl adjacent to an activating group) is 1. The van der Waals surface area contributed by atoms with Crippen molar-refractivity contribution in [2.45, 2.75) is 19.1 Å². The van der Waals surface area contributed by atoms with Crippen LogP contribution in [-0.2, 0) is 10.9 Å². The molecule has 0 bridgehead atoms. The molecule has 20 heavy (non-hydrogen) atoms. The third-order valence-corrected chi connectivity index (χ3v) is 3.02. The van der Waals surface area contributed by atoms with Gasteiger partial charge in [0.2, 0.25) is 0 Å². The number of hydrogen-bond donors (Lipinski definition) is 1. The molecule has 0 saturated carbocycles. The van der Waals surface area contributed by atoms with Gasteiger partial charge in [-0.05, 0) is 25.1 Å². The van der Waals surface area contributed by atoms with Crippen LogP contribution in [0, 0.1) is 0 Å². The lowest BCUT2D eigenvalue weighted by Crippen LogP contribution is -2.32. The van der Waals surface area contributed by atoms with Crippen molar-refractivity contribution in [3.63, 3.8) is 0 Å². The van der Waals surface area contributed by atoms with Crippen molar-refractivity contribution in [2.75, 3.05) is 25.7 Å². The van der Waals surface area contributed by atoms with Gasteiger partial charge in [-0.1, -0.05) is 0 Å². The third-order valence-electron chi connectivity index (χ3n) is 3.02. The predicted molar refractivity (Wildman–Crippen MR) is 68.1 cm³/mol. The Kier molecular flexibility index (Phi) is 4.99. The highest BCUT2D eigenvalue weighted by Crippen LogP contribution is 2.34. The van der Waals surface area contributed by atoms with Gasteiger partial charge in [-0.15, -0.1) is 0 Å². The van der Waals surface area contributed by atoms with Crippen LogP contribution in [0.25, 0.3) is 0 Å². The SMILES string of the molecule is COCC(C)N(C)c1ccc(C(=O)O)c(C(F)(F)F)c1. The smallest absolute Gasteiger partial charge is 0.417 e. The minimum atomic E-state index is -4.71. The summed E-state index contributed by atoms with van der Waals surface area (Å²) in [6.45, 7) is 2.14. The Hall–Kier alpha value is -1.76. The van der Waals surface area contributed by atoms with E-state index in [1.54, 1.807) is 18.9 Å². The molecule has 112 valence electrons. The van der Waals surface area contributed by atoms with Gasteiger partial charge >= 0.3 is 12.1 Å². The maximum Gasteiger partial charge on any atom is 0.417 e. The number of carbonyl (C=O) groups is 1. The van der Waals surface area contributed by atoms with Crippen LogP contribution in [0.1, 0.15) is 22.8 Å². The second kappa shape index (κ2) is 6.13. The zero-order valence-corrected chi connectivity index (χ0v) is 11.4. The molecule has 0 amide bonds. The van der Waals surface area contributed by atoms with Crippen molar-refractivity contribution in [3.8, 4) is 0 Å². The predicted octanol–water partition coefficient (Wildman–Crippen LogP) is 2.87. The number of hydrogen-bond acceptors (Lipinski definition) is 3. The molecule has 1 rings (SSSR count). The molecule has 1 aromatic carbocycles. The number of benzene rings is 1. The molecule has 0 heterocycles. The Morgan fingerprint density at radius 1 is 1.45 bits per heavy atom. The number of alkyl halides is 3. The van der Waals surface area contributed by atoms with E-state index < -0.39 is 23.3 Å². The van der Waals surface area contributed by atoms with Gasteiger partial charge in [0.25, 0.3) is 0 Å². The zero-order valence-electron chi connectivity index (χ0n) is 11.4. The minimum absolute atomic E-state index is 0.142. The highest BCUT2D eigenvalue weighted by Gasteiger charge is 2.36. The monoisotopic (exact) mass is 291 g/mol. The molecular formula is C13H16F3NO3. The Morgan fingerprint density at radius 2 is 2.05 bits per heavy atom. The number of carboxylic acids is 1. The van der Waals surface area contributed by atoms with Crippen LogP contribution in [0.3, 0.4) is 0 Å². The third kappa shape index (κ3) is 3.63. The van der Waals surface area contributed by atoms with Crippen LogP contribution in [0.2, 0.25) is 0 Å². The minimum Gasteiger partial charge on any atom is -0.478 e. The maximum absolute atomic E-state index is 12.9. The number of nitrogens with zero attached hydrogens (tertiary/aromatic N) is 1. The average molecular weight is 291 g/mol. The van der Waals surface area contributed by atoms with E-state index in [1.807, 2.05) is 0 Å². The van der Waals surface area contributed by atoms with E-state index in [0.717, 1.165) is 12.1 Å². The van der Waals surface area contributed by atoms with Gasteiger partial charge in [0.1, 0.15) is 0 Å². The number of aromatic carboxylic acids is 1. The number of anilines is 1. The Balaban J connectivity index is 3.23. The van der Waals surface area contributed by atoms with Gasteiger partial charge in [-0.25, -0.2) is 4.79 Å². The lowest BCUT2D eigenvalue weighted by molar-refractivity contribution is -0.138. The summed E-state index contributed by atoms with van der Waals surface area (Å²) in [5, 5.41) is 8.82. The Morgan fingerprint density at radius 3 is 2.50 bits per heavy atom. The van der Waals surface area contributed by atoms with Gasteiger partial charge in [0.05, 0.1) is 17.7 Å². The van der Waals surface area contributed by atoms with Crippen molar-refractivity contribution >= 4 is 11.7 Å². The van der Waals surface area contributed by atoms with Crippen LogP contribution < -0.4 is 4.90 Å². The molecule has 1 unspecified atom stereocenters. The number of halogens is 3. The molecule has 0 aromatic heterocycles. The van der Waals surface area contributed by atoms with E-state index in [2.05, 4.69) is 0 Å². The summed E-state index contributed by atoms with van der Waals surface area (Å²) in [5.41, 5.74) is -1.63. The molecule has 1 aromatic rings. The fourth-order valence-electron chi connectivity index (χ4n) is 1.78. The quantitative estimate of drug-likeness (QED) is 0.906. The van der Waals surface area contributed by atoms with Gasteiger partial charge in [0, 0.05) is 25.9 Å². The Labute approximate surface area is 114 Å². The highest BCUT2D eigenvalue weighted by molar-refractivity contribution is 5.90. The number of carboxylic acid groups (broad SMARTS) is 1. The summed E-state index contributed by atoms with van der Waals surface area (Å²) in [7, 11) is 3.12. The molecule has 0 fully saturated rings. The molecule has 0 spiro atoms. The van der Waals surface area contributed by atoms with Crippen LogP contribution in [-0.4, -0.2) is 37.9 Å². The molecule has 4 nitrogen and oxygen atoms in total. The molecule has 0 radical (unpaired) electrons. The topological polar surface area (TPSA) is 49.8 Å². The van der Waals surface area contributed by atoms with E-state index in [-0.39, 0.29) is 11.7 Å². The highest BCUT2D eigenvalue weighted by atomic mass is 19.4. The molecule has 1 atom stereocenters. The Bertz CT molecular complexity index is 488. The first-order valence-corrected chi connectivity index (χ1v) is 5.84. The molecule has 0 aliphatic rings. The van der Waals surface area contributed by atoms with E-state index >= 15 is 0 Å². The number of ether oxygens (including phenoxy) is 1.